The van der Waals surface area contributed by atoms with E-state index in [1.54, 1.807) is 17.5 Å². The molecule has 0 N–H and O–H groups in total. The second-order valence-electron chi connectivity index (χ2n) is 5.77. The number of hydrogen-bond acceptors (Lipinski definition) is 2. The fraction of sp³-hybridized carbons (Fsp3) is 0. The maximum Gasteiger partial charge on any atom is 0.340 e. The standard InChI is InChI=1S/C21H16FNSSi/c22-25(17-9-3-1-4-10-17,18-11-5-2-6-12-18)20-14-8-7-13-19(20)21-23-15-16-24-21/h1-16H. The zero-order chi connectivity index (χ0) is 17.1. The third kappa shape index (κ3) is 2.84. The second-order valence-corrected chi connectivity index (χ2v) is 9.68. The Morgan fingerprint density at radius 3 is 1.84 bits per heavy atom. The smallest absolute Gasteiger partial charge is 0.296 e. The van der Waals surface area contributed by atoms with E-state index in [1.807, 2.05) is 90.3 Å². The molecule has 0 saturated carbocycles. The lowest BCUT2D eigenvalue weighted by atomic mass is 10.2. The van der Waals surface area contributed by atoms with Gasteiger partial charge in [0.1, 0.15) is 5.01 Å². The van der Waals surface area contributed by atoms with Gasteiger partial charge in [-0.1, -0.05) is 84.9 Å². The number of thiazole rings is 1. The predicted molar refractivity (Wildman–Crippen MR) is 106 cm³/mol. The average Bonchev–Trinajstić information content (AvgIpc) is 3.23. The summed E-state index contributed by atoms with van der Waals surface area (Å²) in [6.07, 6.45) is 1.77. The molecule has 0 atom stereocenters. The van der Waals surface area contributed by atoms with Gasteiger partial charge >= 0.3 is 8.41 Å². The minimum absolute atomic E-state index is 0.752. The van der Waals surface area contributed by atoms with Crippen LogP contribution < -0.4 is 15.6 Å². The number of benzene rings is 3. The largest absolute Gasteiger partial charge is 0.340 e. The van der Waals surface area contributed by atoms with Crippen molar-refractivity contribution in [1.29, 1.82) is 0 Å². The summed E-state index contributed by atoms with van der Waals surface area (Å²) in [5.74, 6) is 0. The molecule has 1 aromatic heterocycles. The van der Waals surface area contributed by atoms with E-state index in [0.717, 1.165) is 26.1 Å². The molecule has 0 unspecified atom stereocenters. The lowest BCUT2D eigenvalue weighted by Crippen LogP contribution is -2.64. The molecule has 4 rings (SSSR count). The molecule has 0 amide bonds. The zero-order valence-corrected chi connectivity index (χ0v) is 15.3. The summed E-state index contributed by atoms with van der Waals surface area (Å²) in [7, 11) is -3.61. The van der Waals surface area contributed by atoms with Crippen molar-refractivity contribution in [2.24, 2.45) is 0 Å². The Bertz CT molecular complexity index is 916. The van der Waals surface area contributed by atoms with Gasteiger partial charge in [0.15, 0.2) is 0 Å². The van der Waals surface area contributed by atoms with Crippen molar-refractivity contribution in [2.75, 3.05) is 0 Å². The fourth-order valence-electron chi connectivity index (χ4n) is 3.14. The Morgan fingerprint density at radius 1 is 0.720 bits per heavy atom. The van der Waals surface area contributed by atoms with Gasteiger partial charge in [-0.15, -0.1) is 11.3 Å². The molecular formula is C21H16FNSSi. The molecule has 4 heteroatoms. The van der Waals surface area contributed by atoms with Crippen molar-refractivity contribution < 1.29 is 4.11 Å². The molecule has 0 saturated heterocycles. The zero-order valence-electron chi connectivity index (χ0n) is 13.5. The molecule has 0 aliphatic rings. The molecule has 0 bridgehead atoms. The van der Waals surface area contributed by atoms with Crippen LogP contribution in [0.5, 0.6) is 0 Å². The number of nitrogens with zero attached hydrogens (tertiary/aromatic N) is 1. The van der Waals surface area contributed by atoms with Crippen LogP contribution in [0, 0.1) is 0 Å². The van der Waals surface area contributed by atoms with Crippen molar-refractivity contribution >= 4 is 35.3 Å². The Balaban J connectivity index is 2.01. The van der Waals surface area contributed by atoms with Crippen molar-refractivity contribution in [1.82, 2.24) is 4.98 Å². The van der Waals surface area contributed by atoms with Gasteiger partial charge < -0.3 is 0 Å². The van der Waals surface area contributed by atoms with Crippen LogP contribution >= 0.6 is 11.3 Å². The summed E-state index contributed by atoms with van der Waals surface area (Å²) in [4.78, 5) is 4.42. The van der Waals surface area contributed by atoms with Crippen molar-refractivity contribution in [3.05, 3.63) is 96.5 Å². The van der Waals surface area contributed by atoms with Crippen molar-refractivity contribution in [2.45, 2.75) is 0 Å². The number of halogens is 1. The van der Waals surface area contributed by atoms with Crippen LogP contribution in [0.2, 0.25) is 0 Å². The lowest BCUT2D eigenvalue weighted by Gasteiger charge is -2.26. The van der Waals surface area contributed by atoms with Gasteiger partial charge in [-0.25, -0.2) is 4.98 Å². The minimum atomic E-state index is -3.61. The van der Waals surface area contributed by atoms with Crippen LogP contribution in [0.1, 0.15) is 0 Å². The van der Waals surface area contributed by atoms with Crippen LogP contribution in [0.3, 0.4) is 0 Å². The summed E-state index contributed by atoms with van der Waals surface area (Å²) in [6.45, 7) is 0. The Hall–Kier alpha value is -2.56. The highest BCUT2D eigenvalue weighted by Gasteiger charge is 2.43. The van der Waals surface area contributed by atoms with E-state index in [9.17, 15) is 0 Å². The summed E-state index contributed by atoms with van der Waals surface area (Å²) in [5, 5.41) is 5.05. The van der Waals surface area contributed by atoms with Gasteiger partial charge in [-0.3, -0.25) is 4.11 Å². The highest BCUT2D eigenvalue weighted by Crippen LogP contribution is 2.23. The Morgan fingerprint density at radius 2 is 1.28 bits per heavy atom. The molecule has 1 heterocycles. The van der Waals surface area contributed by atoms with Crippen LogP contribution in [-0.4, -0.2) is 13.4 Å². The maximum absolute atomic E-state index is 17.0. The summed E-state index contributed by atoms with van der Waals surface area (Å²) in [5.41, 5.74) is 0.888. The molecule has 0 spiro atoms. The van der Waals surface area contributed by atoms with E-state index in [1.165, 1.54) is 0 Å². The monoisotopic (exact) mass is 361 g/mol. The molecule has 0 radical (unpaired) electrons. The molecule has 0 aliphatic carbocycles. The third-order valence-electron chi connectivity index (χ3n) is 4.30. The van der Waals surface area contributed by atoms with E-state index < -0.39 is 8.41 Å². The van der Waals surface area contributed by atoms with Gasteiger partial charge in [-0.05, 0) is 15.6 Å². The van der Waals surface area contributed by atoms with E-state index in [4.69, 9.17) is 0 Å². The fourth-order valence-corrected chi connectivity index (χ4v) is 7.07. The first-order chi connectivity index (χ1) is 12.3. The van der Waals surface area contributed by atoms with E-state index >= 15 is 4.11 Å². The highest BCUT2D eigenvalue weighted by atomic mass is 32.1. The van der Waals surface area contributed by atoms with Gasteiger partial charge in [0.25, 0.3) is 0 Å². The van der Waals surface area contributed by atoms with Crippen LogP contribution in [0.25, 0.3) is 10.6 Å². The molecule has 1 nitrogen and oxygen atoms in total. The Kier molecular flexibility index (Phi) is 4.30. The first-order valence-corrected chi connectivity index (χ1v) is 10.9. The van der Waals surface area contributed by atoms with E-state index in [0.29, 0.717) is 0 Å². The second kappa shape index (κ2) is 6.74. The molecule has 122 valence electrons. The average molecular weight is 362 g/mol. The molecular weight excluding hydrogens is 345 g/mol. The normalized spacial score (nSPS) is 11.4. The number of rotatable bonds is 4. The number of hydrogen-bond donors (Lipinski definition) is 0. The first-order valence-electron chi connectivity index (χ1n) is 8.09. The summed E-state index contributed by atoms with van der Waals surface area (Å²) >= 11 is 1.54. The van der Waals surface area contributed by atoms with E-state index in [2.05, 4.69) is 4.98 Å². The van der Waals surface area contributed by atoms with E-state index in [-0.39, 0.29) is 0 Å². The molecule has 25 heavy (non-hydrogen) atoms. The van der Waals surface area contributed by atoms with Gasteiger partial charge in [-0.2, -0.15) is 0 Å². The predicted octanol–water partition coefficient (Wildman–Crippen LogP) is 3.75. The summed E-state index contributed by atoms with van der Waals surface area (Å²) < 4.78 is 17.0. The van der Waals surface area contributed by atoms with Crippen molar-refractivity contribution in [3.8, 4) is 10.6 Å². The Labute approximate surface area is 151 Å². The lowest BCUT2D eigenvalue weighted by molar-refractivity contribution is 0.842. The van der Waals surface area contributed by atoms with Crippen LogP contribution in [0.15, 0.2) is 96.5 Å². The molecule has 3 aromatic carbocycles. The molecule has 0 aliphatic heterocycles. The maximum atomic E-state index is 17.0. The number of aromatic nitrogens is 1. The van der Waals surface area contributed by atoms with Gasteiger partial charge in [0.05, 0.1) is 0 Å². The highest BCUT2D eigenvalue weighted by molar-refractivity contribution is 7.14. The molecule has 0 fully saturated rings. The first kappa shape index (κ1) is 15.9. The SMILES string of the molecule is F[Si](c1ccccc1)(c1ccccc1)c1ccccc1-c1nccs1. The summed E-state index contributed by atoms with van der Waals surface area (Å²) in [6, 6.07) is 26.8. The topological polar surface area (TPSA) is 12.9 Å². The third-order valence-corrected chi connectivity index (χ3v) is 8.55. The van der Waals surface area contributed by atoms with Crippen molar-refractivity contribution in [3.63, 3.8) is 0 Å². The molecule has 4 aromatic rings. The van der Waals surface area contributed by atoms with Crippen LogP contribution in [-0.2, 0) is 0 Å². The van der Waals surface area contributed by atoms with Gasteiger partial charge in [0, 0.05) is 17.1 Å². The quantitative estimate of drug-likeness (QED) is 0.306. The minimum Gasteiger partial charge on any atom is -0.296 e. The van der Waals surface area contributed by atoms with Gasteiger partial charge in [0.2, 0.25) is 0 Å². The van der Waals surface area contributed by atoms with Crippen LogP contribution in [0.4, 0.5) is 4.11 Å².